The molecule has 5 nitrogen and oxygen atoms in total. The first-order chi connectivity index (χ1) is 15.4. The highest BCUT2D eigenvalue weighted by Gasteiger charge is 2.17. The number of amides is 1. The monoisotopic (exact) mass is 462 g/mol. The number of nitrogens with one attached hydrogen (secondary N) is 1. The van der Waals surface area contributed by atoms with Gasteiger partial charge in [-0.1, -0.05) is 58.8 Å². The van der Waals surface area contributed by atoms with E-state index in [0.717, 1.165) is 33.6 Å². The van der Waals surface area contributed by atoms with Gasteiger partial charge in [-0.2, -0.15) is 0 Å². The van der Waals surface area contributed by atoms with Gasteiger partial charge in [-0.05, 0) is 68.8 Å². The Morgan fingerprint density at radius 2 is 1.62 bits per heavy atom. The maximum Gasteiger partial charge on any atom is 0.234 e. The number of carbonyl (C=O) groups is 1. The zero-order chi connectivity index (χ0) is 22.7. The Labute approximate surface area is 196 Å². The number of hydrogen-bond donors (Lipinski definition) is 1. The second-order valence-electron chi connectivity index (χ2n) is 7.64. The third kappa shape index (κ3) is 5.03. The van der Waals surface area contributed by atoms with E-state index in [-0.39, 0.29) is 11.7 Å². The highest BCUT2D eigenvalue weighted by Crippen LogP contribution is 2.29. The molecule has 0 unspecified atom stereocenters. The van der Waals surface area contributed by atoms with Crippen molar-refractivity contribution in [1.82, 2.24) is 14.8 Å². The molecule has 0 radical (unpaired) electrons. The predicted octanol–water partition coefficient (Wildman–Crippen LogP) is 6.24. The Morgan fingerprint density at radius 1 is 0.938 bits per heavy atom. The van der Waals surface area contributed by atoms with Crippen molar-refractivity contribution in [3.63, 3.8) is 0 Å². The predicted molar refractivity (Wildman–Crippen MR) is 132 cm³/mol. The van der Waals surface area contributed by atoms with Crippen molar-refractivity contribution in [2.45, 2.75) is 25.9 Å². The molecule has 0 saturated carbocycles. The molecule has 32 heavy (non-hydrogen) atoms. The lowest BCUT2D eigenvalue weighted by atomic mass is 10.1. The lowest BCUT2D eigenvalue weighted by Crippen LogP contribution is -2.15. The molecule has 162 valence electrons. The molecule has 4 aromatic rings. The normalized spacial score (nSPS) is 10.9. The summed E-state index contributed by atoms with van der Waals surface area (Å²) in [6.45, 7) is 6.07. The van der Waals surface area contributed by atoms with E-state index in [1.54, 1.807) is 0 Å². The molecule has 0 saturated heterocycles. The highest BCUT2D eigenvalue weighted by molar-refractivity contribution is 7.99. The average Bonchev–Trinajstić information content (AvgIpc) is 3.19. The minimum absolute atomic E-state index is 0.0894. The first kappa shape index (κ1) is 22.1. The number of hydrogen-bond acceptors (Lipinski definition) is 4. The fraction of sp³-hybridized carbons (Fsp3) is 0.160. The fourth-order valence-electron chi connectivity index (χ4n) is 3.35. The average molecular weight is 463 g/mol. The number of thioether (sulfide) groups is 1. The number of carbonyl (C=O) groups excluding carboxylic acids is 1. The Hall–Kier alpha value is -3.09. The molecule has 0 aliphatic carbocycles. The molecule has 0 aliphatic rings. The molecule has 1 heterocycles. The van der Waals surface area contributed by atoms with Gasteiger partial charge < -0.3 is 5.32 Å². The Bertz CT molecular complexity index is 1250. The smallest absolute Gasteiger partial charge is 0.234 e. The van der Waals surface area contributed by atoms with Crippen LogP contribution in [0.15, 0.2) is 71.9 Å². The maximum atomic E-state index is 12.6. The van der Waals surface area contributed by atoms with Gasteiger partial charge >= 0.3 is 0 Å². The van der Waals surface area contributed by atoms with Crippen molar-refractivity contribution in [3.8, 4) is 17.1 Å². The quantitative estimate of drug-likeness (QED) is 0.344. The summed E-state index contributed by atoms with van der Waals surface area (Å²) < 4.78 is 1.97. The lowest BCUT2D eigenvalue weighted by Gasteiger charge is -2.12. The number of benzene rings is 3. The number of halogens is 1. The summed E-state index contributed by atoms with van der Waals surface area (Å²) in [7, 11) is 0. The highest BCUT2D eigenvalue weighted by atomic mass is 35.5. The van der Waals surface area contributed by atoms with Gasteiger partial charge in [-0.3, -0.25) is 9.36 Å². The first-order valence-electron chi connectivity index (χ1n) is 10.2. The summed E-state index contributed by atoms with van der Waals surface area (Å²) >= 11 is 7.41. The van der Waals surface area contributed by atoms with Crippen molar-refractivity contribution in [2.24, 2.45) is 0 Å². The van der Waals surface area contributed by atoms with Crippen molar-refractivity contribution >= 4 is 35.0 Å². The SMILES string of the molecule is Cc1ccc(-n2c(SCC(=O)Nc3ccc(C)cc3C)nnc2-c2ccc(Cl)cc2)cc1. The largest absolute Gasteiger partial charge is 0.325 e. The summed E-state index contributed by atoms with van der Waals surface area (Å²) in [4.78, 5) is 12.6. The minimum Gasteiger partial charge on any atom is -0.325 e. The number of aromatic nitrogens is 3. The van der Waals surface area contributed by atoms with E-state index >= 15 is 0 Å². The van der Waals surface area contributed by atoms with Gasteiger partial charge in [0.1, 0.15) is 0 Å². The fourth-order valence-corrected chi connectivity index (χ4v) is 4.22. The van der Waals surface area contributed by atoms with E-state index in [4.69, 9.17) is 11.6 Å². The number of nitrogens with zero attached hydrogens (tertiary/aromatic N) is 3. The van der Waals surface area contributed by atoms with Crippen LogP contribution in [0.4, 0.5) is 5.69 Å². The molecule has 1 aromatic heterocycles. The molecule has 7 heteroatoms. The van der Waals surface area contributed by atoms with Gasteiger partial charge in [0.15, 0.2) is 11.0 Å². The molecule has 1 N–H and O–H groups in total. The zero-order valence-electron chi connectivity index (χ0n) is 18.1. The zero-order valence-corrected chi connectivity index (χ0v) is 19.7. The molecule has 0 spiro atoms. The Kier molecular flexibility index (Phi) is 6.63. The van der Waals surface area contributed by atoms with Gasteiger partial charge in [0.2, 0.25) is 5.91 Å². The van der Waals surface area contributed by atoms with Crippen LogP contribution in [-0.4, -0.2) is 26.4 Å². The summed E-state index contributed by atoms with van der Waals surface area (Å²) in [5.74, 6) is 0.828. The molecule has 4 rings (SSSR count). The molecule has 1 amide bonds. The van der Waals surface area contributed by atoms with Crippen LogP contribution in [0, 0.1) is 20.8 Å². The second kappa shape index (κ2) is 9.59. The van der Waals surface area contributed by atoms with E-state index in [1.807, 2.05) is 86.0 Å². The van der Waals surface area contributed by atoms with Crippen LogP contribution < -0.4 is 5.32 Å². The maximum absolute atomic E-state index is 12.6. The van der Waals surface area contributed by atoms with Crippen LogP contribution >= 0.6 is 23.4 Å². The summed E-state index contributed by atoms with van der Waals surface area (Å²) in [6, 6.07) is 21.6. The van der Waals surface area contributed by atoms with E-state index in [9.17, 15) is 4.79 Å². The first-order valence-corrected chi connectivity index (χ1v) is 11.6. The van der Waals surface area contributed by atoms with Gasteiger partial charge in [0.25, 0.3) is 0 Å². The van der Waals surface area contributed by atoms with Crippen molar-refractivity contribution in [3.05, 3.63) is 88.4 Å². The van der Waals surface area contributed by atoms with Gasteiger partial charge in [-0.25, -0.2) is 0 Å². The molecule has 0 bridgehead atoms. The standard InChI is InChI=1S/C25H23ClN4OS/c1-16-4-11-21(12-5-16)30-24(19-7-9-20(26)10-8-19)28-29-25(30)32-15-23(31)27-22-13-6-17(2)14-18(22)3/h4-14H,15H2,1-3H3,(H,27,31). The Morgan fingerprint density at radius 3 is 2.31 bits per heavy atom. The third-order valence-corrected chi connectivity index (χ3v) is 6.20. The molecule has 0 fully saturated rings. The van der Waals surface area contributed by atoms with Crippen molar-refractivity contribution < 1.29 is 4.79 Å². The number of aryl methyl sites for hydroxylation is 3. The molecule has 3 aromatic carbocycles. The number of rotatable bonds is 6. The third-order valence-electron chi connectivity index (χ3n) is 5.02. The van der Waals surface area contributed by atoms with E-state index < -0.39 is 0 Å². The molecule has 0 atom stereocenters. The molecule has 0 aliphatic heterocycles. The van der Waals surface area contributed by atoms with Crippen LogP contribution in [0.3, 0.4) is 0 Å². The summed E-state index contributed by atoms with van der Waals surface area (Å²) in [6.07, 6.45) is 0. The number of anilines is 1. The van der Waals surface area contributed by atoms with Crippen LogP contribution in [-0.2, 0) is 4.79 Å². The van der Waals surface area contributed by atoms with Gasteiger partial charge in [-0.15, -0.1) is 10.2 Å². The van der Waals surface area contributed by atoms with Crippen molar-refractivity contribution in [1.29, 1.82) is 0 Å². The topological polar surface area (TPSA) is 59.8 Å². The van der Waals surface area contributed by atoms with Gasteiger partial charge in [0.05, 0.1) is 5.75 Å². The van der Waals surface area contributed by atoms with E-state index in [2.05, 4.69) is 21.6 Å². The Balaban J connectivity index is 1.60. The summed E-state index contributed by atoms with van der Waals surface area (Å²) in [5.41, 5.74) is 6.02. The summed E-state index contributed by atoms with van der Waals surface area (Å²) in [5, 5.41) is 13.1. The van der Waals surface area contributed by atoms with Crippen LogP contribution in [0.25, 0.3) is 17.1 Å². The lowest BCUT2D eigenvalue weighted by molar-refractivity contribution is -0.113. The van der Waals surface area contributed by atoms with Gasteiger partial charge in [0, 0.05) is 22.0 Å². The minimum atomic E-state index is -0.0894. The molecular weight excluding hydrogens is 440 g/mol. The van der Waals surface area contributed by atoms with Crippen LogP contribution in [0.1, 0.15) is 16.7 Å². The van der Waals surface area contributed by atoms with Crippen LogP contribution in [0.2, 0.25) is 5.02 Å². The molecular formula is C25H23ClN4OS. The van der Waals surface area contributed by atoms with Crippen molar-refractivity contribution in [2.75, 3.05) is 11.1 Å². The van der Waals surface area contributed by atoms with Crippen LogP contribution in [0.5, 0.6) is 0 Å². The second-order valence-corrected chi connectivity index (χ2v) is 9.02. The van der Waals surface area contributed by atoms with E-state index in [1.165, 1.54) is 11.8 Å². The van der Waals surface area contributed by atoms with E-state index in [0.29, 0.717) is 16.0 Å².